The smallest absolute Gasteiger partial charge is 0.274 e. The number of aryl methyl sites for hydroxylation is 1. The maximum atomic E-state index is 13.1. The molecule has 2 aromatic carbocycles. The minimum atomic E-state index is -0.387. The lowest BCUT2D eigenvalue weighted by molar-refractivity contribution is -0.116. The summed E-state index contributed by atoms with van der Waals surface area (Å²) < 4.78 is 7.14. The van der Waals surface area contributed by atoms with Crippen molar-refractivity contribution in [3.8, 4) is 17.1 Å². The van der Waals surface area contributed by atoms with E-state index in [2.05, 4.69) is 10.4 Å². The van der Waals surface area contributed by atoms with Gasteiger partial charge in [-0.05, 0) is 48.4 Å². The molecule has 0 saturated heterocycles. The highest BCUT2D eigenvalue weighted by Crippen LogP contribution is 2.26. The minimum absolute atomic E-state index is 0.114. The first kappa shape index (κ1) is 22.4. The topological polar surface area (TPSA) is 80.4 Å². The number of hydrogen-bond acceptors (Lipinski definition) is 4. The maximum Gasteiger partial charge on any atom is 0.274 e. The molecule has 2 amide bonds. The SMILES string of the molecule is CCc1ccccc1NC(=O)CN(C)C(=O)c1cc(-c2ccco2)n(-c2cccc(Cl)c2)n1. The number of aromatic nitrogens is 2. The average molecular weight is 463 g/mol. The summed E-state index contributed by atoms with van der Waals surface area (Å²) >= 11 is 6.15. The van der Waals surface area contributed by atoms with E-state index in [1.807, 2.05) is 37.3 Å². The van der Waals surface area contributed by atoms with Gasteiger partial charge < -0.3 is 14.6 Å². The minimum Gasteiger partial charge on any atom is -0.463 e. The van der Waals surface area contributed by atoms with Crippen LogP contribution in [0, 0.1) is 0 Å². The second-order valence-corrected chi connectivity index (χ2v) is 7.94. The fourth-order valence-electron chi connectivity index (χ4n) is 3.51. The van der Waals surface area contributed by atoms with E-state index in [4.69, 9.17) is 16.0 Å². The van der Waals surface area contributed by atoms with Crippen LogP contribution >= 0.6 is 11.6 Å². The fourth-order valence-corrected chi connectivity index (χ4v) is 3.70. The average Bonchev–Trinajstić information content (AvgIpc) is 3.49. The van der Waals surface area contributed by atoms with E-state index in [-0.39, 0.29) is 24.1 Å². The molecule has 7 nitrogen and oxygen atoms in total. The van der Waals surface area contributed by atoms with Gasteiger partial charge in [0.1, 0.15) is 5.69 Å². The molecule has 1 N–H and O–H groups in total. The van der Waals surface area contributed by atoms with E-state index >= 15 is 0 Å². The summed E-state index contributed by atoms with van der Waals surface area (Å²) in [5, 5.41) is 7.92. The number of halogens is 1. The number of carbonyl (C=O) groups excluding carboxylic acids is 2. The van der Waals surface area contributed by atoms with Crippen molar-refractivity contribution in [3.05, 3.63) is 89.3 Å². The number of nitrogens with one attached hydrogen (secondary N) is 1. The van der Waals surface area contributed by atoms with Crippen LogP contribution in [0.3, 0.4) is 0 Å². The summed E-state index contributed by atoms with van der Waals surface area (Å²) in [5.41, 5.74) is 3.25. The standard InChI is InChI=1S/C25H23ClN4O3/c1-3-17-8-4-5-11-20(17)27-24(31)16-29(2)25(32)21-15-22(23-12-7-13-33-23)30(28-21)19-10-6-9-18(26)14-19/h4-15H,3,16H2,1-2H3,(H,27,31). The Balaban J connectivity index is 1.56. The van der Waals surface area contributed by atoms with Gasteiger partial charge in [-0.25, -0.2) is 4.68 Å². The molecular formula is C25H23ClN4O3. The second-order valence-electron chi connectivity index (χ2n) is 7.50. The molecule has 0 radical (unpaired) electrons. The van der Waals surface area contributed by atoms with Gasteiger partial charge in [0.25, 0.3) is 5.91 Å². The van der Waals surface area contributed by atoms with Crippen LogP contribution in [-0.2, 0) is 11.2 Å². The van der Waals surface area contributed by atoms with Crippen LogP contribution in [0.5, 0.6) is 0 Å². The molecule has 0 saturated carbocycles. The number of amides is 2. The summed E-state index contributed by atoms with van der Waals surface area (Å²) in [7, 11) is 1.57. The first-order valence-corrected chi connectivity index (χ1v) is 10.9. The van der Waals surface area contributed by atoms with Crippen LogP contribution in [0.2, 0.25) is 5.02 Å². The molecule has 168 valence electrons. The molecule has 33 heavy (non-hydrogen) atoms. The first-order valence-electron chi connectivity index (χ1n) is 10.5. The number of nitrogens with zero attached hydrogens (tertiary/aromatic N) is 3. The predicted octanol–water partition coefficient (Wildman–Crippen LogP) is 5.06. The number of para-hydroxylation sites is 1. The molecule has 0 aliphatic carbocycles. The highest BCUT2D eigenvalue weighted by Gasteiger charge is 2.22. The van der Waals surface area contributed by atoms with Crippen LogP contribution in [0.25, 0.3) is 17.1 Å². The molecule has 0 spiro atoms. The van der Waals surface area contributed by atoms with Gasteiger partial charge in [-0.15, -0.1) is 0 Å². The van der Waals surface area contributed by atoms with E-state index < -0.39 is 0 Å². The molecule has 2 heterocycles. The molecule has 0 bridgehead atoms. The van der Waals surface area contributed by atoms with Crippen molar-refractivity contribution in [3.63, 3.8) is 0 Å². The zero-order valence-electron chi connectivity index (χ0n) is 18.3. The summed E-state index contributed by atoms with van der Waals surface area (Å²) in [6, 6.07) is 19.9. The molecule has 0 unspecified atom stereocenters. The fraction of sp³-hybridized carbons (Fsp3) is 0.160. The number of carbonyl (C=O) groups is 2. The third-order valence-electron chi connectivity index (χ3n) is 5.15. The van der Waals surface area contributed by atoms with E-state index in [1.165, 1.54) is 4.90 Å². The van der Waals surface area contributed by atoms with E-state index in [0.717, 1.165) is 17.7 Å². The van der Waals surface area contributed by atoms with Crippen LogP contribution < -0.4 is 5.32 Å². The Morgan fingerprint density at radius 1 is 1.09 bits per heavy atom. The zero-order valence-corrected chi connectivity index (χ0v) is 19.0. The molecule has 0 aliphatic rings. The summed E-state index contributed by atoms with van der Waals surface area (Å²) in [6.45, 7) is 1.91. The lowest BCUT2D eigenvalue weighted by atomic mass is 10.1. The Bertz CT molecular complexity index is 1280. The lowest BCUT2D eigenvalue weighted by Gasteiger charge is -2.16. The zero-order chi connectivity index (χ0) is 23.4. The van der Waals surface area contributed by atoms with Gasteiger partial charge in [-0.3, -0.25) is 9.59 Å². The third-order valence-corrected chi connectivity index (χ3v) is 5.39. The molecular weight excluding hydrogens is 440 g/mol. The van der Waals surface area contributed by atoms with Gasteiger partial charge in [0.2, 0.25) is 5.91 Å². The van der Waals surface area contributed by atoms with Crippen molar-refractivity contribution in [2.75, 3.05) is 18.9 Å². The van der Waals surface area contributed by atoms with Crippen molar-refractivity contribution in [1.29, 1.82) is 0 Å². The summed E-state index contributed by atoms with van der Waals surface area (Å²) in [5.74, 6) is -0.118. The monoisotopic (exact) mass is 462 g/mol. The molecule has 2 aromatic heterocycles. The Morgan fingerprint density at radius 2 is 1.91 bits per heavy atom. The Kier molecular flexibility index (Phi) is 6.60. The van der Waals surface area contributed by atoms with E-state index in [1.54, 1.807) is 54.4 Å². The van der Waals surface area contributed by atoms with Crippen molar-refractivity contribution in [2.45, 2.75) is 13.3 Å². The first-order chi connectivity index (χ1) is 16.0. The number of likely N-dealkylation sites (N-methyl/N-ethyl adjacent to an activating group) is 1. The van der Waals surface area contributed by atoms with E-state index in [0.29, 0.717) is 22.2 Å². The van der Waals surface area contributed by atoms with Gasteiger partial charge in [-0.2, -0.15) is 5.10 Å². The van der Waals surface area contributed by atoms with Crippen LogP contribution in [0.4, 0.5) is 5.69 Å². The van der Waals surface area contributed by atoms with E-state index in [9.17, 15) is 9.59 Å². The Morgan fingerprint density at radius 3 is 2.64 bits per heavy atom. The predicted molar refractivity (Wildman–Crippen MR) is 128 cm³/mol. The molecule has 4 aromatic rings. The number of anilines is 1. The normalized spacial score (nSPS) is 10.8. The number of benzene rings is 2. The lowest BCUT2D eigenvalue weighted by Crippen LogP contribution is -2.35. The Labute approximate surface area is 196 Å². The molecule has 0 fully saturated rings. The highest BCUT2D eigenvalue weighted by molar-refractivity contribution is 6.30. The molecule has 4 rings (SSSR count). The molecule has 0 aliphatic heterocycles. The van der Waals surface area contributed by atoms with Gasteiger partial charge >= 0.3 is 0 Å². The van der Waals surface area contributed by atoms with Crippen LogP contribution in [0.1, 0.15) is 23.0 Å². The van der Waals surface area contributed by atoms with Crippen LogP contribution in [-0.4, -0.2) is 40.1 Å². The van der Waals surface area contributed by atoms with Crippen molar-refractivity contribution < 1.29 is 14.0 Å². The van der Waals surface area contributed by atoms with Crippen molar-refractivity contribution in [2.24, 2.45) is 0 Å². The summed E-state index contributed by atoms with van der Waals surface area (Å²) in [4.78, 5) is 27.0. The quantitative estimate of drug-likeness (QED) is 0.416. The van der Waals surface area contributed by atoms with Crippen LogP contribution in [0.15, 0.2) is 77.4 Å². The van der Waals surface area contributed by atoms with Crippen molar-refractivity contribution >= 4 is 29.1 Å². The molecule has 0 atom stereocenters. The van der Waals surface area contributed by atoms with Gasteiger partial charge in [0, 0.05) is 23.8 Å². The second kappa shape index (κ2) is 9.75. The number of rotatable bonds is 7. The number of hydrogen-bond donors (Lipinski definition) is 1. The summed E-state index contributed by atoms with van der Waals surface area (Å²) in [6.07, 6.45) is 2.35. The largest absolute Gasteiger partial charge is 0.463 e. The number of furan rings is 1. The Hall–Kier alpha value is -3.84. The van der Waals surface area contributed by atoms with Gasteiger partial charge in [0.15, 0.2) is 11.5 Å². The third kappa shape index (κ3) is 4.99. The maximum absolute atomic E-state index is 13.1. The molecule has 8 heteroatoms. The van der Waals surface area contributed by atoms with Crippen molar-refractivity contribution in [1.82, 2.24) is 14.7 Å². The highest BCUT2D eigenvalue weighted by atomic mass is 35.5. The van der Waals surface area contributed by atoms with Gasteiger partial charge in [-0.1, -0.05) is 42.8 Å². The van der Waals surface area contributed by atoms with Gasteiger partial charge in [0.05, 0.1) is 18.5 Å².